The molecule has 2 unspecified atom stereocenters. The number of hydrogen-bond donors (Lipinski definition) is 0. The van der Waals surface area contributed by atoms with E-state index in [1.165, 1.54) is 5.56 Å². The molecule has 0 aromatic heterocycles. The quantitative estimate of drug-likeness (QED) is 0.456. The summed E-state index contributed by atoms with van der Waals surface area (Å²) in [6, 6.07) is 10.3. The van der Waals surface area contributed by atoms with Gasteiger partial charge in [0, 0.05) is 11.1 Å². The van der Waals surface area contributed by atoms with E-state index in [9.17, 15) is 9.59 Å². The van der Waals surface area contributed by atoms with Crippen LogP contribution in [0, 0.1) is 10.8 Å². The van der Waals surface area contributed by atoms with E-state index in [0.717, 1.165) is 47.6 Å². The Hall–Kier alpha value is -2.36. The zero-order valence-corrected chi connectivity index (χ0v) is 20.0. The maximum atomic E-state index is 12.7. The lowest BCUT2D eigenvalue weighted by molar-refractivity contribution is -0.161. The van der Waals surface area contributed by atoms with Crippen molar-refractivity contribution in [1.29, 1.82) is 0 Å². The van der Waals surface area contributed by atoms with Crippen LogP contribution < -0.4 is 0 Å². The number of rotatable bonds is 7. The molecule has 0 N–H and O–H groups in total. The van der Waals surface area contributed by atoms with Gasteiger partial charge in [-0.05, 0) is 76.6 Å². The first-order valence-electron chi connectivity index (χ1n) is 11.5. The summed E-state index contributed by atoms with van der Waals surface area (Å²) in [7, 11) is 0. The van der Waals surface area contributed by atoms with Gasteiger partial charge in [0.1, 0.15) is 12.2 Å². The Morgan fingerprint density at radius 1 is 1.00 bits per heavy atom. The fraction of sp³-hybridized carbons (Fsp3) is 0.556. The van der Waals surface area contributed by atoms with Crippen molar-refractivity contribution < 1.29 is 19.1 Å². The van der Waals surface area contributed by atoms with Crippen LogP contribution in [0.5, 0.6) is 0 Å². The van der Waals surface area contributed by atoms with Gasteiger partial charge < -0.3 is 9.47 Å². The minimum atomic E-state index is -0.508. The molecule has 4 nitrogen and oxygen atoms in total. The summed E-state index contributed by atoms with van der Waals surface area (Å²) >= 11 is 0. The first-order valence-corrected chi connectivity index (χ1v) is 11.5. The molecule has 2 aromatic carbocycles. The molecule has 0 fully saturated rings. The SMILES string of the molecule is CCC(C)(C)C(=O)OC(C)c1ccc2c3c(cccc13)CCC2OC(=O)C(C)(C)CC. The molecule has 0 saturated carbocycles. The molecule has 168 valence electrons. The van der Waals surface area contributed by atoms with Gasteiger partial charge in [0.15, 0.2) is 0 Å². The molecule has 0 aliphatic heterocycles. The number of carbonyl (C=O) groups is 2. The van der Waals surface area contributed by atoms with E-state index in [0.29, 0.717) is 0 Å². The van der Waals surface area contributed by atoms with Gasteiger partial charge in [0.25, 0.3) is 0 Å². The average molecular weight is 425 g/mol. The summed E-state index contributed by atoms with van der Waals surface area (Å²) in [5.74, 6) is -0.336. The fourth-order valence-electron chi connectivity index (χ4n) is 3.89. The molecule has 0 bridgehead atoms. The van der Waals surface area contributed by atoms with Gasteiger partial charge in [-0.25, -0.2) is 0 Å². The highest BCUT2D eigenvalue weighted by molar-refractivity contribution is 5.93. The minimum absolute atomic E-state index is 0.152. The van der Waals surface area contributed by atoms with Crippen molar-refractivity contribution in [3.63, 3.8) is 0 Å². The van der Waals surface area contributed by atoms with Gasteiger partial charge in [-0.2, -0.15) is 0 Å². The fourth-order valence-corrected chi connectivity index (χ4v) is 3.89. The maximum Gasteiger partial charge on any atom is 0.312 e. The minimum Gasteiger partial charge on any atom is -0.457 e. The Labute approximate surface area is 186 Å². The van der Waals surface area contributed by atoms with Crippen LogP contribution in [0.2, 0.25) is 0 Å². The molecule has 0 spiro atoms. The Balaban J connectivity index is 1.97. The van der Waals surface area contributed by atoms with E-state index in [1.807, 2.05) is 60.6 Å². The molecule has 0 amide bonds. The molecule has 31 heavy (non-hydrogen) atoms. The second-order valence-electron chi connectivity index (χ2n) is 10.0. The largest absolute Gasteiger partial charge is 0.457 e. The molecule has 1 aliphatic carbocycles. The van der Waals surface area contributed by atoms with Crippen molar-refractivity contribution in [2.24, 2.45) is 10.8 Å². The molecule has 0 radical (unpaired) electrons. The Bertz CT molecular complexity index is 986. The highest BCUT2D eigenvalue weighted by atomic mass is 16.5. The van der Waals surface area contributed by atoms with Crippen LogP contribution in [-0.2, 0) is 25.5 Å². The van der Waals surface area contributed by atoms with Crippen LogP contribution in [0.15, 0.2) is 30.3 Å². The molecule has 1 aliphatic rings. The van der Waals surface area contributed by atoms with Crippen LogP contribution in [-0.4, -0.2) is 11.9 Å². The van der Waals surface area contributed by atoms with E-state index in [4.69, 9.17) is 9.47 Å². The number of aryl methyl sites for hydroxylation is 1. The van der Waals surface area contributed by atoms with Gasteiger partial charge in [0.2, 0.25) is 0 Å². The lowest BCUT2D eigenvalue weighted by Crippen LogP contribution is -2.28. The lowest BCUT2D eigenvalue weighted by atomic mass is 9.84. The van der Waals surface area contributed by atoms with Crippen molar-refractivity contribution in [2.45, 2.75) is 86.4 Å². The monoisotopic (exact) mass is 424 g/mol. The highest BCUT2D eigenvalue weighted by Crippen LogP contribution is 2.41. The van der Waals surface area contributed by atoms with Crippen LogP contribution in [0.1, 0.15) is 96.6 Å². The Morgan fingerprint density at radius 3 is 2.29 bits per heavy atom. The van der Waals surface area contributed by atoms with Crippen molar-refractivity contribution in [1.82, 2.24) is 0 Å². The number of benzene rings is 2. The van der Waals surface area contributed by atoms with Gasteiger partial charge in [-0.3, -0.25) is 9.59 Å². The molecule has 3 rings (SSSR count). The number of hydrogen-bond acceptors (Lipinski definition) is 4. The predicted octanol–water partition coefficient (Wildman–Crippen LogP) is 6.85. The smallest absolute Gasteiger partial charge is 0.312 e. The Kier molecular flexibility index (Phi) is 6.50. The highest BCUT2D eigenvalue weighted by Gasteiger charge is 2.33. The van der Waals surface area contributed by atoms with E-state index in [-0.39, 0.29) is 24.1 Å². The first-order chi connectivity index (χ1) is 14.5. The van der Waals surface area contributed by atoms with Crippen LogP contribution >= 0.6 is 0 Å². The van der Waals surface area contributed by atoms with Crippen LogP contribution in [0.4, 0.5) is 0 Å². The van der Waals surface area contributed by atoms with E-state index in [2.05, 4.69) is 18.2 Å². The zero-order chi connectivity index (χ0) is 23.0. The zero-order valence-electron chi connectivity index (χ0n) is 20.0. The van der Waals surface area contributed by atoms with E-state index in [1.54, 1.807) is 0 Å². The normalized spacial score (nSPS) is 17.3. The summed E-state index contributed by atoms with van der Waals surface area (Å²) in [5, 5.41) is 2.20. The van der Waals surface area contributed by atoms with Gasteiger partial charge in [0.05, 0.1) is 10.8 Å². The average Bonchev–Trinajstić information content (AvgIpc) is 2.75. The van der Waals surface area contributed by atoms with Crippen molar-refractivity contribution in [2.75, 3.05) is 0 Å². The number of ether oxygens (including phenoxy) is 2. The van der Waals surface area contributed by atoms with Gasteiger partial charge >= 0.3 is 11.9 Å². The van der Waals surface area contributed by atoms with Crippen molar-refractivity contribution >= 4 is 22.7 Å². The summed E-state index contributed by atoms with van der Waals surface area (Å²) in [6.07, 6.45) is 2.50. The second-order valence-corrected chi connectivity index (χ2v) is 10.0. The molecule has 2 aromatic rings. The van der Waals surface area contributed by atoms with Crippen molar-refractivity contribution in [3.8, 4) is 0 Å². The van der Waals surface area contributed by atoms with Crippen LogP contribution in [0.25, 0.3) is 10.8 Å². The van der Waals surface area contributed by atoms with Crippen molar-refractivity contribution in [3.05, 3.63) is 47.0 Å². The topological polar surface area (TPSA) is 52.6 Å². The van der Waals surface area contributed by atoms with E-state index < -0.39 is 10.8 Å². The predicted molar refractivity (Wildman–Crippen MR) is 124 cm³/mol. The molecule has 4 heteroatoms. The summed E-state index contributed by atoms with van der Waals surface area (Å²) in [5.41, 5.74) is 2.29. The first kappa shape index (κ1) is 23.3. The van der Waals surface area contributed by atoms with Crippen LogP contribution in [0.3, 0.4) is 0 Å². The summed E-state index contributed by atoms with van der Waals surface area (Å²) < 4.78 is 11.9. The summed E-state index contributed by atoms with van der Waals surface area (Å²) in [6.45, 7) is 13.6. The van der Waals surface area contributed by atoms with Gasteiger partial charge in [-0.1, -0.05) is 44.2 Å². The standard InChI is InChI=1S/C27H36O4/c1-8-26(4,5)24(28)30-17(3)19-14-15-21-22(31-25(29)27(6,7)9-2)16-13-18-11-10-12-20(19)23(18)21/h10-12,14-15,17,22H,8-9,13,16H2,1-7H3. The number of esters is 2. The third kappa shape index (κ3) is 4.49. The second kappa shape index (κ2) is 8.64. The van der Waals surface area contributed by atoms with E-state index >= 15 is 0 Å². The van der Waals surface area contributed by atoms with Gasteiger partial charge in [-0.15, -0.1) is 0 Å². The molecular weight excluding hydrogens is 388 g/mol. The third-order valence-electron chi connectivity index (χ3n) is 7.06. The molecule has 0 saturated heterocycles. The third-order valence-corrected chi connectivity index (χ3v) is 7.06. The molecular formula is C27H36O4. The lowest BCUT2D eigenvalue weighted by Gasteiger charge is -2.30. The molecule has 0 heterocycles. The maximum absolute atomic E-state index is 12.7. The summed E-state index contributed by atoms with van der Waals surface area (Å²) in [4.78, 5) is 25.4. The molecule has 2 atom stereocenters. The Morgan fingerprint density at radius 2 is 1.65 bits per heavy atom. The number of carbonyl (C=O) groups excluding carboxylic acids is 2.